The van der Waals surface area contributed by atoms with Gasteiger partial charge in [-0.2, -0.15) is 0 Å². The molecule has 0 aliphatic carbocycles. The molecule has 0 radical (unpaired) electrons. The van der Waals surface area contributed by atoms with Crippen LogP contribution in [-0.2, 0) is 28.8 Å². The molecule has 1 aromatic carbocycles. The summed E-state index contributed by atoms with van der Waals surface area (Å²) >= 11 is 1.58. The zero-order valence-corrected chi connectivity index (χ0v) is 21.4. The highest BCUT2D eigenvalue weighted by Gasteiger charge is 2.23. The van der Waals surface area contributed by atoms with Gasteiger partial charge in [-0.1, -0.05) is 18.2 Å². The molecule has 0 bridgehead atoms. The molecular formula is C28H34N4O3S. The van der Waals surface area contributed by atoms with E-state index in [2.05, 4.69) is 39.9 Å². The van der Waals surface area contributed by atoms with E-state index in [9.17, 15) is 9.90 Å². The van der Waals surface area contributed by atoms with Gasteiger partial charge < -0.3 is 20.1 Å². The second kappa shape index (κ2) is 11.8. The molecule has 190 valence electrons. The van der Waals surface area contributed by atoms with Crippen LogP contribution in [0.15, 0.2) is 41.8 Å². The number of aromatic nitrogens is 2. The molecule has 2 aliphatic heterocycles. The maximum absolute atomic E-state index is 11.7. The Balaban J connectivity index is 1.20. The molecule has 3 aromatic rings. The Labute approximate surface area is 216 Å². The van der Waals surface area contributed by atoms with E-state index >= 15 is 0 Å². The number of ether oxygens (including phenoxy) is 1. The summed E-state index contributed by atoms with van der Waals surface area (Å²) in [5, 5.41) is 16.0. The molecular weight excluding hydrogens is 472 g/mol. The topological polar surface area (TPSA) is 87.6 Å². The Morgan fingerprint density at radius 1 is 1.11 bits per heavy atom. The highest BCUT2D eigenvalue weighted by atomic mass is 32.1. The number of nitrogens with zero attached hydrogens (tertiary/aromatic N) is 3. The summed E-state index contributed by atoms with van der Waals surface area (Å²) in [6.07, 6.45) is 6.27. The average molecular weight is 507 g/mol. The molecule has 2 aromatic heterocycles. The summed E-state index contributed by atoms with van der Waals surface area (Å²) in [5.41, 5.74) is 5.65. The van der Waals surface area contributed by atoms with Gasteiger partial charge in [-0.3, -0.25) is 4.79 Å². The highest BCUT2D eigenvalue weighted by Crippen LogP contribution is 2.33. The Morgan fingerprint density at radius 2 is 1.94 bits per heavy atom. The summed E-state index contributed by atoms with van der Waals surface area (Å²) in [6, 6.07) is 12.6. The fourth-order valence-electron chi connectivity index (χ4n) is 5.00. The minimum Gasteiger partial charge on any atom is -0.481 e. The van der Waals surface area contributed by atoms with E-state index in [1.807, 2.05) is 12.1 Å². The number of morpholine rings is 1. The number of fused-ring (bicyclic) bond motifs is 1. The number of carboxylic acid groups (broad SMARTS) is 1. The summed E-state index contributed by atoms with van der Waals surface area (Å²) in [6.45, 7) is 4.16. The lowest BCUT2D eigenvalue weighted by Crippen LogP contribution is -2.36. The molecule has 0 saturated carbocycles. The average Bonchev–Trinajstić information content (AvgIpc) is 3.39. The maximum atomic E-state index is 11.7. The highest BCUT2D eigenvalue weighted by molar-refractivity contribution is 7.09. The minimum atomic E-state index is -0.805. The van der Waals surface area contributed by atoms with Gasteiger partial charge in [-0.15, -0.1) is 11.3 Å². The Kier molecular flexibility index (Phi) is 8.13. The molecule has 0 amide bonds. The second-order valence-corrected chi connectivity index (χ2v) is 10.5. The van der Waals surface area contributed by atoms with Gasteiger partial charge in [0.25, 0.3) is 0 Å². The monoisotopic (exact) mass is 506 g/mol. The molecule has 36 heavy (non-hydrogen) atoms. The number of hydrogen-bond donors (Lipinski definition) is 2. The molecule has 0 spiro atoms. The molecule has 2 N–H and O–H groups in total. The first-order valence-electron chi connectivity index (χ1n) is 13.0. The van der Waals surface area contributed by atoms with Crippen molar-refractivity contribution in [2.75, 3.05) is 43.1 Å². The number of unbranched alkanes of at least 4 members (excludes halogenated alkanes) is 1. The molecule has 1 saturated heterocycles. The van der Waals surface area contributed by atoms with Crippen molar-refractivity contribution in [1.82, 2.24) is 9.97 Å². The first-order chi connectivity index (χ1) is 17.7. The lowest BCUT2D eigenvalue weighted by Gasteiger charge is -2.29. The van der Waals surface area contributed by atoms with Crippen molar-refractivity contribution in [3.8, 4) is 0 Å². The van der Waals surface area contributed by atoms with Crippen molar-refractivity contribution in [3.05, 3.63) is 69.3 Å². The quantitative estimate of drug-likeness (QED) is 0.378. The smallest absolute Gasteiger partial charge is 0.304 e. The summed E-state index contributed by atoms with van der Waals surface area (Å²) < 4.78 is 5.48. The van der Waals surface area contributed by atoms with E-state index in [0.717, 1.165) is 98.4 Å². The van der Waals surface area contributed by atoms with E-state index in [1.54, 1.807) is 11.3 Å². The molecule has 0 unspecified atom stereocenters. The largest absolute Gasteiger partial charge is 0.481 e. The van der Waals surface area contributed by atoms with Crippen molar-refractivity contribution < 1.29 is 14.6 Å². The Morgan fingerprint density at radius 3 is 2.78 bits per heavy atom. The predicted octanol–water partition coefficient (Wildman–Crippen LogP) is 4.90. The van der Waals surface area contributed by atoms with Crippen LogP contribution in [0.4, 0.5) is 11.5 Å². The van der Waals surface area contributed by atoms with Gasteiger partial charge >= 0.3 is 5.97 Å². The van der Waals surface area contributed by atoms with E-state index in [1.165, 1.54) is 12.0 Å². The van der Waals surface area contributed by atoms with Crippen LogP contribution in [0.3, 0.4) is 0 Å². The van der Waals surface area contributed by atoms with Crippen LogP contribution in [0, 0.1) is 0 Å². The van der Waals surface area contributed by atoms with Gasteiger partial charge in [0.15, 0.2) is 0 Å². The van der Waals surface area contributed by atoms with Crippen molar-refractivity contribution in [2.45, 2.75) is 50.9 Å². The van der Waals surface area contributed by atoms with Crippen molar-refractivity contribution in [1.29, 1.82) is 0 Å². The third kappa shape index (κ3) is 6.23. The summed E-state index contributed by atoms with van der Waals surface area (Å²) in [7, 11) is 0. The number of thiazole rings is 1. The van der Waals surface area contributed by atoms with Crippen LogP contribution in [0.25, 0.3) is 0 Å². The minimum absolute atomic E-state index is 0.0392. The maximum Gasteiger partial charge on any atom is 0.304 e. The fraction of sp³-hybridized carbons (Fsp3) is 0.464. The van der Waals surface area contributed by atoms with Gasteiger partial charge in [0.05, 0.1) is 25.3 Å². The standard InChI is InChI=1S/C28H34N4O3S/c33-26(34)18-25(21-5-3-9-24(17-21)32-13-15-35-16-14-32)28-31-23(19-36-28)8-2-1-7-22-11-10-20-6-4-12-29-27(20)30-22/h3,5,9-11,17,19,25H,1-2,4,6-8,12-16,18H2,(H,29,30)(H,33,34)/t25-/m1/s1. The van der Waals surface area contributed by atoms with Gasteiger partial charge in [-0.05, 0) is 67.9 Å². The van der Waals surface area contributed by atoms with Crippen LogP contribution in [0.2, 0.25) is 0 Å². The van der Waals surface area contributed by atoms with Crippen molar-refractivity contribution >= 4 is 28.8 Å². The number of aliphatic carboxylic acids is 1. The van der Waals surface area contributed by atoms with E-state index in [-0.39, 0.29) is 12.3 Å². The molecule has 1 fully saturated rings. The van der Waals surface area contributed by atoms with Crippen molar-refractivity contribution in [2.24, 2.45) is 0 Å². The van der Waals surface area contributed by atoms with Gasteiger partial charge in [0.1, 0.15) is 10.8 Å². The Hall–Kier alpha value is -2.97. The third-order valence-corrected chi connectivity index (χ3v) is 7.97. The Bertz CT molecular complexity index is 1180. The normalized spacial score (nSPS) is 16.3. The van der Waals surface area contributed by atoms with Crippen LogP contribution < -0.4 is 10.2 Å². The number of rotatable bonds is 10. The molecule has 5 rings (SSSR count). The van der Waals surface area contributed by atoms with Crippen molar-refractivity contribution in [3.63, 3.8) is 0 Å². The lowest BCUT2D eigenvalue weighted by molar-refractivity contribution is -0.137. The SMILES string of the molecule is O=C(O)C[C@H](c1cccc(N2CCOCC2)c1)c1nc(CCCCc2ccc3c(n2)NCCC3)cs1. The number of anilines is 2. The molecule has 7 nitrogen and oxygen atoms in total. The number of pyridine rings is 1. The molecule has 8 heteroatoms. The van der Waals surface area contributed by atoms with E-state index in [4.69, 9.17) is 14.7 Å². The second-order valence-electron chi connectivity index (χ2n) is 9.57. The zero-order valence-electron chi connectivity index (χ0n) is 20.6. The summed E-state index contributed by atoms with van der Waals surface area (Å²) in [4.78, 5) is 23.7. The van der Waals surface area contributed by atoms with Gasteiger partial charge in [0, 0.05) is 42.3 Å². The molecule has 4 heterocycles. The van der Waals surface area contributed by atoms with E-state index in [0.29, 0.717) is 0 Å². The number of benzene rings is 1. The van der Waals surface area contributed by atoms with Crippen LogP contribution in [-0.4, -0.2) is 53.9 Å². The predicted molar refractivity (Wildman–Crippen MR) is 143 cm³/mol. The van der Waals surface area contributed by atoms with Gasteiger partial charge in [-0.25, -0.2) is 9.97 Å². The number of hydrogen-bond acceptors (Lipinski definition) is 7. The molecule has 1 atom stereocenters. The summed E-state index contributed by atoms with van der Waals surface area (Å²) in [5.74, 6) is 0.0139. The first kappa shape index (κ1) is 24.7. The number of carbonyl (C=O) groups is 1. The lowest BCUT2D eigenvalue weighted by atomic mass is 9.95. The van der Waals surface area contributed by atoms with Crippen LogP contribution in [0.5, 0.6) is 0 Å². The number of aryl methyl sites for hydroxylation is 3. The van der Waals surface area contributed by atoms with Crippen LogP contribution >= 0.6 is 11.3 Å². The fourth-order valence-corrected chi connectivity index (χ4v) is 5.98. The first-order valence-corrected chi connectivity index (χ1v) is 13.8. The van der Waals surface area contributed by atoms with E-state index < -0.39 is 5.97 Å². The molecule has 2 aliphatic rings. The zero-order chi connectivity index (χ0) is 24.7. The third-order valence-electron chi connectivity index (χ3n) is 6.96. The van der Waals surface area contributed by atoms with Gasteiger partial charge in [0.2, 0.25) is 0 Å². The number of nitrogens with one attached hydrogen (secondary N) is 1. The van der Waals surface area contributed by atoms with Crippen LogP contribution in [0.1, 0.15) is 59.1 Å². The number of carboxylic acids is 1.